The van der Waals surface area contributed by atoms with Crippen LogP contribution in [0, 0.1) is 5.92 Å². The molecule has 2 aliphatic heterocycles. The van der Waals surface area contributed by atoms with Crippen LogP contribution in [-0.2, 0) is 14.3 Å². The number of aromatic nitrogens is 1. The summed E-state index contributed by atoms with van der Waals surface area (Å²) < 4.78 is 69.5. The maximum absolute atomic E-state index is 12.4. The molecule has 2 saturated heterocycles. The second-order valence-corrected chi connectivity index (χ2v) is 7.46. The zero-order valence-electron chi connectivity index (χ0n) is 18.3. The summed E-state index contributed by atoms with van der Waals surface area (Å²) in [6.45, 7) is 8.98. The summed E-state index contributed by atoms with van der Waals surface area (Å²) in [4.78, 5) is 37.5. The number of carbonyl (C=O) groups is 3. The minimum Gasteiger partial charge on any atom is -0.475 e. The highest BCUT2D eigenvalue weighted by Crippen LogP contribution is 2.25. The molecule has 0 radical (unpaired) electrons. The molecule has 0 saturated carbocycles. The number of carboxylic acids is 2. The molecule has 15 heteroatoms. The van der Waals surface area contributed by atoms with Gasteiger partial charge in [-0.25, -0.2) is 9.59 Å². The van der Waals surface area contributed by atoms with Crippen LogP contribution < -0.4 is 0 Å². The molecule has 1 aromatic heterocycles. The van der Waals surface area contributed by atoms with Crippen LogP contribution in [0.3, 0.4) is 0 Å². The van der Waals surface area contributed by atoms with Crippen LogP contribution in [0.2, 0.25) is 0 Å². The van der Waals surface area contributed by atoms with Crippen molar-refractivity contribution in [3.8, 4) is 0 Å². The van der Waals surface area contributed by atoms with E-state index in [1.54, 1.807) is 12.4 Å². The van der Waals surface area contributed by atoms with Gasteiger partial charge in [0.2, 0.25) is 0 Å². The van der Waals surface area contributed by atoms with E-state index in [1.165, 1.54) is 0 Å². The molecule has 3 N–H and O–H groups in total. The van der Waals surface area contributed by atoms with Crippen LogP contribution in [0.15, 0.2) is 31.1 Å². The monoisotopic (exact) mass is 517 g/mol. The van der Waals surface area contributed by atoms with Crippen molar-refractivity contribution in [3.63, 3.8) is 0 Å². The van der Waals surface area contributed by atoms with Gasteiger partial charge in [0.1, 0.15) is 0 Å². The third-order valence-electron chi connectivity index (χ3n) is 4.93. The molecule has 0 unspecified atom stereocenters. The average Bonchev–Trinajstić information content (AvgIpc) is 3.21. The van der Waals surface area contributed by atoms with Crippen molar-refractivity contribution < 1.29 is 55.7 Å². The first-order valence-electron chi connectivity index (χ1n) is 10.1. The average molecular weight is 517 g/mol. The van der Waals surface area contributed by atoms with Gasteiger partial charge in [0.15, 0.2) is 0 Å². The number of carbonyl (C=O) groups excluding carboxylic acids is 1. The van der Waals surface area contributed by atoms with E-state index in [2.05, 4.69) is 16.5 Å². The fourth-order valence-electron chi connectivity index (χ4n) is 3.29. The van der Waals surface area contributed by atoms with Crippen molar-refractivity contribution in [1.29, 1.82) is 0 Å². The highest BCUT2D eigenvalue weighted by molar-refractivity contribution is 5.94. The summed E-state index contributed by atoms with van der Waals surface area (Å²) in [5.74, 6) is -4.90. The Morgan fingerprint density at radius 3 is 2.11 bits per heavy atom. The number of nitrogens with one attached hydrogen (secondary N) is 1. The van der Waals surface area contributed by atoms with E-state index in [9.17, 15) is 31.1 Å². The Balaban J connectivity index is 0.000000362. The zero-order chi connectivity index (χ0) is 26.8. The molecule has 0 aromatic carbocycles. The maximum atomic E-state index is 12.4. The van der Waals surface area contributed by atoms with Gasteiger partial charge in [-0.05, 0) is 12.5 Å². The van der Waals surface area contributed by atoms with Gasteiger partial charge in [0.05, 0.1) is 18.3 Å². The van der Waals surface area contributed by atoms with Gasteiger partial charge in [-0.15, -0.1) is 6.58 Å². The number of nitrogens with zero attached hydrogens (tertiary/aromatic N) is 2. The standard InChI is InChI=1S/C16H23N3O2.2C2HF3O2/c1-2-6-18-8-9-21-15-12-19(7-4-14(15)11-18)16(20)13-3-5-17-10-13;2*3-2(4,5)1(6)7/h2-3,5,10,14-15,17H,1,4,6-9,11-12H2;2*(H,6,7)/t14-,15-;;/m1../s1. The van der Waals surface area contributed by atoms with Gasteiger partial charge in [-0.1, -0.05) is 6.08 Å². The van der Waals surface area contributed by atoms with E-state index >= 15 is 0 Å². The van der Waals surface area contributed by atoms with Gasteiger partial charge in [0.25, 0.3) is 5.91 Å². The number of carboxylic acid groups (broad SMARTS) is 2. The number of H-pyrrole nitrogens is 1. The number of aliphatic carboxylic acids is 2. The molecule has 2 fully saturated rings. The molecule has 1 aromatic rings. The molecular weight excluding hydrogens is 492 g/mol. The number of likely N-dealkylation sites (tertiary alicyclic amines) is 1. The molecule has 198 valence electrons. The molecule has 0 bridgehead atoms. The number of ether oxygens (including phenoxy) is 1. The lowest BCUT2D eigenvalue weighted by atomic mass is 9.93. The molecule has 3 heterocycles. The lowest BCUT2D eigenvalue weighted by Crippen LogP contribution is -2.49. The van der Waals surface area contributed by atoms with Crippen LogP contribution in [0.25, 0.3) is 0 Å². The third-order valence-corrected chi connectivity index (χ3v) is 4.93. The summed E-state index contributed by atoms with van der Waals surface area (Å²) in [7, 11) is 0. The van der Waals surface area contributed by atoms with Crippen molar-refractivity contribution in [2.24, 2.45) is 5.92 Å². The van der Waals surface area contributed by atoms with Gasteiger partial charge in [-0.2, -0.15) is 26.3 Å². The van der Waals surface area contributed by atoms with E-state index in [4.69, 9.17) is 24.5 Å². The SMILES string of the molecule is C=CCN1CCO[C@@H]2CN(C(=O)c3cc[nH]c3)CC[C@@H]2C1.O=C(O)C(F)(F)F.O=C(O)C(F)(F)F. The van der Waals surface area contributed by atoms with Crippen molar-refractivity contribution in [1.82, 2.24) is 14.8 Å². The van der Waals surface area contributed by atoms with Crippen LogP contribution in [0.1, 0.15) is 16.8 Å². The largest absolute Gasteiger partial charge is 0.490 e. The van der Waals surface area contributed by atoms with Crippen LogP contribution in [0.4, 0.5) is 26.3 Å². The number of piperidine rings is 1. The van der Waals surface area contributed by atoms with Gasteiger partial charge in [0, 0.05) is 51.0 Å². The van der Waals surface area contributed by atoms with E-state index in [1.807, 2.05) is 17.0 Å². The summed E-state index contributed by atoms with van der Waals surface area (Å²) >= 11 is 0. The Morgan fingerprint density at radius 2 is 1.66 bits per heavy atom. The van der Waals surface area contributed by atoms with Crippen molar-refractivity contribution in [2.75, 3.05) is 39.3 Å². The molecular formula is C20H25F6N3O6. The van der Waals surface area contributed by atoms with Gasteiger partial charge in [-0.3, -0.25) is 9.69 Å². The maximum Gasteiger partial charge on any atom is 0.490 e. The number of fused-ring (bicyclic) bond motifs is 1. The molecule has 3 rings (SSSR count). The van der Waals surface area contributed by atoms with Gasteiger partial charge >= 0.3 is 24.3 Å². The quantitative estimate of drug-likeness (QED) is 0.416. The number of hydrogen-bond donors (Lipinski definition) is 3. The van der Waals surface area contributed by atoms with Gasteiger partial charge < -0.3 is 24.8 Å². The first kappa shape index (κ1) is 30.0. The number of alkyl halides is 6. The van der Waals surface area contributed by atoms with E-state index in [-0.39, 0.29) is 12.0 Å². The lowest BCUT2D eigenvalue weighted by Gasteiger charge is -2.37. The molecule has 2 aliphatic rings. The molecule has 35 heavy (non-hydrogen) atoms. The van der Waals surface area contributed by atoms with E-state index in [0.29, 0.717) is 12.5 Å². The second-order valence-electron chi connectivity index (χ2n) is 7.46. The first-order valence-corrected chi connectivity index (χ1v) is 10.1. The number of hydrogen-bond acceptors (Lipinski definition) is 5. The molecule has 0 aliphatic carbocycles. The van der Waals surface area contributed by atoms with Crippen molar-refractivity contribution in [2.45, 2.75) is 24.9 Å². The van der Waals surface area contributed by atoms with Crippen molar-refractivity contribution in [3.05, 3.63) is 36.7 Å². The predicted molar refractivity (Wildman–Crippen MR) is 109 cm³/mol. The fourth-order valence-corrected chi connectivity index (χ4v) is 3.29. The second kappa shape index (κ2) is 13.1. The molecule has 0 spiro atoms. The van der Waals surface area contributed by atoms with E-state index < -0.39 is 24.3 Å². The minimum atomic E-state index is -5.08. The summed E-state index contributed by atoms with van der Waals surface area (Å²) in [6.07, 6.45) is -3.50. The number of rotatable bonds is 3. The summed E-state index contributed by atoms with van der Waals surface area (Å²) in [6, 6.07) is 1.83. The third kappa shape index (κ3) is 10.4. The first-order chi connectivity index (χ1) is 16.2. The normalized spacial score (nSPS) is 20.7. The number of aromatic amines is 1. The Bertz CT molecular complexity index is 819. The topological polar surface area (TPSA) is 123 Å². The minimum absolute atomic E-state index is 0.102. The summed E-state index contributed by atoms with van der Waals surface area (Å²) in [5.41, 5.74) is 0.732. The predicted octanol–water partition coefficient (Wildman–Crippen LogP) is 2.63. The lowest BCUT2D eigenvalue weighted by molar-refractivity contribution is -0.193. The van der Waals surface area contributed by atoms with Crippen LogP contribution in [-0.4, -0.2) is 101 Å². The number of halogens is 6. The highest BCUT2D eigenvalue weighted by Gasteiger charge is 2.39. The number of amides is 1. The van der Waals surface area contributed by atoms with Crippen LogP contribution >= 0.6 is 0 Å². The smallest absolute Gasteiger partial charge is 0.475 e. The van der Waals surface area contributed by atoms with E-state index in [0.717, 1.165) is 44.8 Å². The Hall–Kier alpha value is -3.07. The zero-order valence-corrected chi connectivity index (χ0v) is 18.3. The highest BCUT2D eigenvalue weighted by atomic mass is 19.4. The Kier molecular flexibility index (Phi) is 11.2. The summed E-state index contributed by atoms with van der Waals surface area (Å²) in [5, 5.41) is 14.2. The molecule has 1 amide bonds. The molecule has 2 atom stereocenters. The van der Waals surface area contributed by atoms with Crippen LogP contribution in [0.5, 0.6) is 0 Å². The fraction of sp³-hybridized carbons (Fsp3) is 0.550. The van der Waals surface area contributed by atoms with Crippen molar-refractivity contribution >= 4 is 17.8 Å². The molecule has 9 nitrogen and oxygen atoms in total. The Labute approximate surface area is 195 Å². The Morgan fingerprint density at radius 1 is 1.09 bits per heavy atom.